The van der Waals surface area contributed by atoms with E-state index in [9.17, 15) is 0 Å². The van der Waals surface area contributed by atoms with Crippen molar-refractivity contribution >= 4 is 111 Å². The van der Waals surface area contributed by atoms with Crippen molar-refractivity contribution in [2.75, 3.05) is 0 Å². The molecule has 0 unspecified atom stereocenters. The van der Waals surface area contributed by atoms with Crippen molar-refractivity contribution in [2.45, 2.75) is 0 Å². The van der Waals surface area contributed by atoms with Crippen LogP contribution in [0.5, 0.6) is 0 Å². The molecule has 0 fully saturated rings. The second-order valence-electron chi connectivity index (χ2n) is 0. The average Bonchev–Trinajstić information content (AvgIpc) is 0. The van der Waals surface area contributed by atoms with Crippen LogP contribution in [0, 0.1) is 0 Å². The Labute approximate surface area is 135 Å². The summed E-state index contributed by atoms with van der Waals surface area (Å²) in [6.45, 7) is 0. The van der Waals surface area contributed by atoms with E-state index in [1.54, 1.807) is 0 Å². The molecule has 0 atom stereocenters. The van der Waals surface area contributed by atoms with Crippen molar-refractivity contribution in [1.82, 2.24) is 0 Å². The van der Waals surface area contributed by atoms with E-state index in [0.29, 0.717) is 0 Å². The van der Waals surface area contributed by atoms with E-state index in [1.165, 1.54) is 0 Å². The van der Waals surface area contributed by atoms with E-state index < -0.39 is 0 Å². The van der Waals surface area contributed by atoms with Gasteiger partial charge in [-0.05, 0) is 0 Å². The molecular formula is H6AgCaPbSr. The smallest absolute Gasteiger partial charge is 2.00 e. The Morgan fingerprint density at radius 2 is 1.25 bits per heavy atom. The van der Waals surface area contributed by atoms with Crippen LogP contribution in [0.15, 0.2) is 0 Å². The first-order valence-corrected chi connectivity index (χ1v) is 0. The maximum absolute atomic E-state index is 0. The molecule has 4 heavy (non-hydrogen) atoms. The van der Waals surface area contributed by atoms with Crippen LogP contribution in [0.3, 0.4) is 0 Å². The van der Waals surface area contributed by atoms with Crippen LogP contribution in [0.25, 0.3) is 0 Å². The molecule has 0 nitrogen and oxygen atoms in total. The third-order valence-corrected chi connectivity index (χ3v) is 0. The first kappa shape index (κ1) is 23.8. The summed E-state index contributed by atoms with van der Waals surface area (Å²) in [5, 5.41) is 0. The number of rotatable bonds is 0. The summed E-state index contributed by atoms with van der Waals surface area (Å²) in [6, 6.07) is 0. The Hall–Kier alpha value is 4.40. The maximum Gasteiger partial charge on any atom is 2.00 e. The fraction of sp³-hybridized carbons (Fsp3) is 0. The van der Waals surface area contributed by atoms with Gasteiger partial charge in [-0.25, -0.2) is 0 Å². The monoisotopic (exact) mass is 449 g/mol. The Morgan fingerprint density at radius 1 is 1.25 bits per heavy atom. The normalized spacial score (nSPS) is 0. The molecule has 0 saturated heterocycles. The summed E-state index contributed by atoms with van der Waals surface area (Å²) in [5.41, 5.74) is 0. The number of hydrogen-bond donors (Lipinski definition) is 0. The van der Waals surface area contributed by atoms with Crippen molar-refractivity contribution in [2.24, 2.45) is 0 Å². The molecule has 0 rings (SSSR count). The second-order valence-corrected chi connectivity index (χ2v) is 0. The van der Waals surface area contributed by atoms with E-state index >= 15 is 0 Å². The molecule has 0 aromatic carbocycles. The van der Waals surface area contributed by atoms with Gasteiger partial charge in [0, 0.05) is 22.4 Å². The van der Waals surface area contributed by atoms with Gasteiger partial charge in [0.15, 0.2) is 0 Å². The molecular weight excluding hydrogens is 443 g/mol. The molecule has 0 bridgehead atoms. The van der Waals surface area contributed by atoms with Crippen molar-refractivity contribution in [3.05, 3.63) is 0 Å². The molecule has 0 heterocycles. The minimum atomic E-state index is 0. The van der Waals surface area contributed by atoms with Crippen LogP contribution in [0.2, 0.25) is 0 Å². The molecule has 0 N–H and O–H groups in total. The summed E-state index contributed by atoms with van der Waals surface area (Å²) < 4.78 is 0. The molecule has 0 aromatic rings. The topological polar surface area (TPSA) is 0 Å². The van der Waals surface area contributed by atoms with Gasteiger partial charge in [-0.15, -0.1) is 0 Å². The van der Waals surface area contributed by atoms with Crippen LogP contribution < -0.4 is 0 Å². The third-order valence-electron chi connectivity index (χ3n) is 0. The van der Waals surface area contributed by atoms with Gasteiger partial charge in [0.25, 0.3) is 0 Å². The van der Waals surface area contributed by atoms with Gasteiger partial charge in [-0.1, -0.05) is 0 Å². The van der Waals surface area contributed by atoms with Gasteiger partial charge >= 0.3 is 111 Å². The molecule has 0 aliphatic carbocycles. The molecule has 0 aromatic heterocycles. The summed E-state index contributed by atoms with van der Waals surface area (Å²) in [4.78, 5) is 0. The Balaban J connectivity index is 0. The summed E-state index contributed by atoms with van der Waals surface area (Å²) in [5.74, 6) is 0. The zero-order valence-corrected chi connectivity index (χ0v) is 15.1. The van der Waals surface area contributed by atoms with E-state index in [1.807, 2.05) is 0 Å². The van der Waals surface area contributed by atoms with Crippen LogP contribution >= 0.6 is 0 Å². The fourth-order valence-corrected chi connectivity index (χ4v) is 0. The zero-order chi connectivity index (χ0) is 0. The average molecular weight is 449 g/mol. The van der Waals surface area contributed by atoms with Crippen LogP contribution in [0.4, 0.5) is 0 Å². The SMILES string of the molecule is [Ag].[Ca+2].[H-].[H-].[H-].[H-].[PbH2].[Sr+2]. The van der Waals surface area contributed by atoms with Crippen molar-refractivity contribution in [3.63, 3.8) is 0 Å². The van der Waals surface area contributed by atoms with E-state index in [0.717, 1.165) is 0 Å². The van der Waals surface area contributed by atoms with Crippen LogP contribution in [-0.4, -0.2) is 111 Å². The summed E-state index contributed by atoms with van der Waals surface area (Å²) in [7, 11) is 0. The van der Waals surface area contributed by atoms with E-state index in [2.05, 4.69) is 0 Å². The summed E-state index contributed by atoms with van der Waals surface area (Å²) >= 11 is 0. The Kier molecular flexibility index (Phi) is 93.0. The van der Waals surface area contributed by atoms with Gasteiger partial charge in [0.05, 0.1) is 0 Å². The van der Waals surface area contributed by atoms with E-state index in [-0.39, 0.29) is 139 Å². The molecule has 0 saturated carbocycles. The van der Waals surface area contributed by atoms with E-state index in [4.69, 9.17) is 0 Å². The predicted octanol–water partition coefficient (Wildman–Crippen LogP) is -1.23. The van der Waals surface area contributed by atoms with Gasteiger partial charge < -0.3 is 5.71 Å². The Bertz CT molecular complexity index is 16.0. The molecule has 4 heteroatoms. The molecule has 0 amide bonds. The van der Waals surface area contributed by atoms with Crippen molar-refractivity contribution in [1.29, 1.82) is 0 Å². The maximum atomic E-state index is 0. The third kappa shape index (κ3) is 9.64. The molecule has 0 aliphatic rings. The molecule has 0 spiro atoms. The predicted molar refractivity (Wildman–Crippen MR) is 24.5 cm³/mol. The summed E-state index contributed by atoms with van der Waals surface area (Å²) in [6.07, 6.45) is 0. The van der Waals surface area contributed by atoms with Crippen LogP contribution in [0.1, 0.15) is 5.71 Å². The fourth-order valence-electron chi connectivity index (χ4n) is 0. The second kappa shape index (κ2) is 15.7. The van der Waals surface area contributed by atoms with Gasteiger partial charge in [0.1, 0.15) is 0 Å². The standard InChI is InChI=1S/Ag.Ca.Pb.Sr.6H/q;+2;;+2;;;4*-1. The largest absolute Gasteiger partial charge is 2.00 e. The Morgan fingerprint density at radius 3 is 1.25 bits per heavy atom. The zero-order valence-electron chi connectivity index (χ0n) is 6.42. The quantitative estimate of drug-likeness (QED) is 0.407. The minimum Gasteiger partial charge on any atom is 2.00 e. The molecule has 0 aliphatic heterocycles. The van der Waals surface area contributed by atoms with Crippen LogP contribution in [-0.2, 0) is 22.4 Å². The molecule has 3 radical (unpaired) electrons. The first-order valence-electron chi connectivity index (χ1n) is 0. The van der Waals surface area contributed by atoms with Crippen molar-refractivity contribution in [3.8, 4) is 0 Å². The van der Waals surface area contributed by atoms with Crippen molar-refractivity contribution < 1.29 is 28.1 Å². The van der Waals surface area contributed by atoms with Gasteiger partial charge in [0.2, 0.25) is 0 Å². The minimum absolute atomic E-state index is 0. The first-order chi connectivity index (χ1) is 0. The van der Waals surface area contributed by atoms with Gasteiger partial charge in [-0.3, -0.25) is 0 Å². The van der Waals surface area contributed by atoms with Gasteiger partial charge in [-0.2, -0.15) is 0 Å². The number of hydrogen-bond acceptors (Lipinski definition) is 0. The molecule has 25 valence electrons.